The molecule has 134 valence electrons. The summed E-state index contributed by atoms with van der Waals surface area (Å²) in [6, 6.07) is 4.57. The standard InChI is InChI=1S/C18H28ClFN4/c1-18(2,15-6-5-14(20)9-16(15)19)12-23-17(21-3)22-10-13-7-8-24(4)11-13/h5-6,9,13H,7-8,10-12H2,1-4H3,(H2,21,22,23). The SMILES string of the molecule is CN=C(NCC1CCN(C)C1)NCC(C)(C)c1ccc(F)cc1Cl. The van der Waals surface area contributed by atoms with E-state index < -0.39 is 0 Å². The van der Waals surface area contributed by atoms with Gasteiger partial charge in [-0.2, -0.15) is 0 Å². The first-order chi connectivity index (χ1) is 11.3. The third kappa shape index (κ3) is 5.08. The molecule has 1 aliphatic rings. The van der Waals surface area contributed by atoms with E-state index >= 15 is 0 Å². The number of guanidine groups is 1. The minimum Gasteiger partial charge on any atom is -0.356 e. The molecule has 2 rings (SSSR count). The summed E-state index contributed by atoms with van der Waals surface area (Å²) in [5.41, 5.74) is 0.682. The summed E-state index contributed by atoms with van der Waals surface area (Å²) in [5.74, 6) is 1.13. The van der Waals surface area contributed by atoms with Gasteiger partial charge in [0.2, 0.25) is 0 Å². The van der Waals surface area contributed by atoms with Gasteiger partial charge in [-0.1, -0.05) is 31.5 Å². The van der Waals surface area contributed by atoms with Crippen molar-refractivity contribution in [3.8, 4) is 0 Å². The summed E-state index contributed by atoms with van der Waals surface area (Å²) in [6.07, 6.45) is 1.22. The van der Waals surface area contributed by atoms with Crippen LogP contribution < -0.4 is 10.6 Å². The number of hydrogen-bond donors (Lipinski definition) is 2. The van der Waals surface area contributed by atoms with E-state index in [-0.39, 0.29) is 11.2 Å². The van der Waals surface area contributed by atoms with Crippen LogP contribution in [0.2, 0.25) is 5.02 Å². The van der Waals surface area contributed by atoms with Gasteiger partial charge in [-0.25, -0.2) is 4.39 Å². The highest BCUT2D eigenvalue weighted by Crippen LogP contribution is 2.29. The lowest BCUT2D eigenvalue weighted by Crippen LogP contribution is -2.45. The van der Waals surface area contributed by atoms with Crippen LogP contribution in [0.25, 0.3) is 0 Å². The zero-order valence-corrected chi connectivity index (χ0v) is 15.8. The van der Waals surface area contributed by atoms with Crippen LogP contribution in [0.3, 0.4) is 0 Å². The summed E-state index contributed by atoms with van der Waals surface area (Å²) < 4.78 is 13.2. The van der Waals surface area contributed by atoms with E-state index in [1.807, 2.05) is 0 Å². The molecule has 0 amide bonds. The maximum atomic E-state index is 13.2. The first-order valence-corrected chi connectivity index (χ1v) is 8.78. The number of aliphatic imine (C=N–C) groups is 1. The molecular formula is C18H28ClFN4. The zero-order chi connectivity index (χ0) is 17.7. The average Bonchev–Trinajstić information content (AvgIpc) is 2.92. The molecule has 1 aromatic rings. The smallest absolute Gasteiger partial charge is 0.191 e. The van der Waals surface area contributed by atoms with Gasteiger partial charge in [0.05, 0.1) is 0 Å². The molecule has 0 saturated carbocycles. The molecule has 0 aromatic heterocycles. The number of halogens is 2. The molecule has 2 N–H and O–H groups in total. The Balaban J connectivity index is 1.89. The van der Waals surface area contributed by atoms with E-state index in [2.05, 4.69) is 41.4 Å². The van der Waals surface area contributed by atoms with E-state index in [1.54, 1.807) is 13.1 Å². The largest absolute Gasteiger partial charge is 0.356 e. The summed E-state index contributed by atoms with van der Waals surface area (Å²) in [7, 11) is 3.93. The second kappa shape index (κ2) is 8.17. The summed E-state index contributed by atoms with van der Waals surface area (Å²) in [6.45, 7) is 8.02. The number of rotatable bonds is 5. The Morgan fingerprint density at radius 3 is 2.75 bits per heavy atom. The Bertz CT molecular complexity index is 588. The molecule has 0 spiro atoms. The van der Waals surface area contributed by atoms with E-state index in [4.69, 9.17) is 11.6 Å². The normalized spacial score (nSPS) is 19.6. The first-order valence-electron chi connectivity index (χ1n) is 8.40. The first kappa shape index (κ1) is 19.0. The molecule has 1 unspecified atom stereocenters. The Morgan fingerprint density at radius 2 is 2.17 bits per heavy atom. The predicted octanol–water partition coefficient (Wildman–Crippen LogP) is 2.87. The number of benzene rings is 1. The monoisotopic (exact) mass is 354 g/mol. The van der Waals surface area contributed by atoms with Crippen molar-refractivity contribution in [3.63, 3.8) is 0 Å². The third-order valence-electron chi connectivity index (χ3n) is 4.63. The van der Waals surface area contributed by atoms with E-state index in [1.165, 1.54) is 18.6 Å². The second-order valence-corrected chi connectivity index (χ2v) is 7.64. The van der Waals surface area contributed by atoms with Crippen LogP contribution in [0, 0.1) is 11.7 Å². The molecule has 6 heteroatoms. The summed E-state index contributed by atoms with van der Waals surface area (Å²) in [4.78, 5) is 6.64. The average molecular weight is 355 g/mol. The molecule has 1 atom stereocenters. The highest BCUT2D eigenvalue weighted by molar-refractivity contribution is 6.31. The van der Waals surface area contributed by atoms with Gasteiger partial charge in [0.1, 0.15) is 5.82 Å². The van der Waals surface area contributed by atoms with Gasteiger partial charge in [-0.05, 0) is 43.6 Å². The van der Waals surface area contributed by atoms with Crippen molar-refractivity contribution < 1.29 is 4.39 Å². The lowest BCUT2D eigenvalue weighted by atomic mass is 9.84. The fourth-order valence-corrected chi connectivity index (χ4v) is 3.52. The van der Waals surface area contributed by atoms with Gasteiger partial charge in [0.25, 0.3) is 0 Å². The Kier molecular flexibility index (Phi) is 6.47. The van der Waals surface area contributed by atoms with Gasteiger partial charge in [0, 0.05) is 37.1 Å². The minimum absolute atomic E-state index is 0.240. The van der Waals surface area contributed by atoms with Crippen molar-refractivity contribution in [1.29, 1.82) is 0 Å². The number of nitrogens with zero attached hydrogens (tertiary/aromatic N) is 2. The predicted molar refractivity (Wildman–Crippen MR) is 99.4 cm³/mol. The quantitative estimate of drug-likeness (QED) is 0.631. The van der Waals surface area contributed by atoms with Gasteiger partial charge in [0.15, 0.2) is 5.96 Å². The zero-order valence-electron chi connectivity index (χ0n) is 15.0. The molecule has 1 aromatic carbocycles. The fourth-order valence-electron chi connectivity index (χ4n) is 3.09. The van der Waals surface area contributed by atoms with Crippen molar-refractivity contribution in [1.82, 2.24) is 15.5 Å². The molecule has 1 saturated heterocycles. The molecular weight excluding hydrogens is 327 g/mol. The Morgan fingerprint density at radius 1 is 1.42 bits per heavy atom. The van der Waals surface area contributed by atoms with Crippen LogP contribution in [-0.2, 0) is 5.41 Å². The molecule has 1 fully saturated rings. The fraction of sp³-hybridized carbons (Fsp3) is 0.611. The molecule has 1 heterocycles. The molecule has 0 aliphatic carbocycles. The number of likely N-dealkylation sites (tertiary alicyclic amines) is 1. The topological polar surface area (TPSA) is 39.7 Å². The van der Waals surface area contributed by atoms with Crippen LogP contribution in [0.4, 0.5) is 4.39 Å². The van der Waals surface area contributed by atoms with Crippen molar-refractivity contribution in [2.24, 2.45) is 10.9 Å². The third-order valence-corrected chi connectivity index (χ3v) is 4.94. The van der Waals surface area contributed by atoms with E-state index in [0.717, 1.165) is 31.2 Å². The Hall–Kier alpha value is -1.33. The van der Waals surface area contributed by atoms with Gasteiger partial charge in [-0.3, -0.25) is 4.99 Å². The molecule has 0 radical (unpaired) electrons. The van der Waals surface area contributed by atoms with Gasteiger partial charge in [-0.15, -0.1) is 0 Å². The van der Waals surface area contributed by atoms with Crippen LogP contribution in [0.1, 0.15) is 25.8 Å². The highest BCUT2D eigenvalue weighted by atomic mass is 35.5. The van der Waals surface area contributed by atoms with Crippen LogP contribution >= 0.6 is 11.6 Å². The summed E-state index contributed by atoms with van der Waals surface area (Å²) >= 11 is 6.21. The van der Waals surface area contributed by atoms with Gasteiger partial charge < -0.3 is 15.5 Å². The van der Waals surface area contributed by atoms with E-state index in [0.29, 0.717) is 17.5 Å². The van der Waals surface area contributed by atoms with Crippen molar-refractivity contribution in [2.75, 3.05) is 40.3 Å². The molecule has 0 bridgehead atoms. The summed E-state index contributed by atoms with van der Waals surface area (Å²) in [5, 5.41) is 7.21. The minimum atomic E-state index is -0.313. The highest BCUT2D eigenvalue weighted by Gasteiger charge is 2.24. The molecule has 1 aliphatic heterocycles. The Labute approximate surface area is 149 Å². The van der Waals surface area contributed by atoms with E-state index in [9.17, 15) is 4.39 Å². The molecule has 24 heavy (non-hydrogen) atoms. The molecule has 4 nitrogen and oxygen atoms in total. The lowest BCUT2D eigenvalue weighted by Gasteiger charge is -2.28. The van der Waals surface area contributed by atoms with Crippen LogP contribution in [0.5, 0.6) is 0 Å². The lowest BCUT2D eigenvalue weighted by molar-refractivity contribution is 0.393. The van der Waals surface area contributed by atoms with Crippen LogP contribution in [0.15, 0.2) is 23.2 Å². The number of nitrogens with one attached hydrogen (secondary N) is 2. The van der Waals surface area contributed by atoms with Crippen molar-refractivity contribution in [2.45, 2.75) is 25.7 Å². The van der Waals surface area contributed by atoms with Crippen molar-refractivity contribution in [3.05, 3.63) is 34.6 Å². The van der Waals surface area contributed by atoms with Crippen LogP contribution in [-0.4, -0.2) is 51.1 Å². The maximum Gasteiger partial charge on any atom is 0.191 e. The maximum absolute atomic E-state index is 13.2. The number of hydrogen-bond acceptors (Lipinski definition) is 2. The second-order valence-electron chi connectivity index (χ2n) is 7.23. The van der Waals surface area contributed by atoms with Crippen molar-refractivity contribution >= 4 is 17.6 Å². The van der Waals surface area contributed by atoms with Gasteiger partial charge >= 0.3 is 0 Å².